The molecule has 0 bridgehead atoms. The Morgan fingerprint density at radius 1 is 1.16 bits per heavy atom. The van der Waals surface area contributed by atoms with E-state index in [0.717, 1.165) is 34.2 Å². The highest BCUT2D eigenvalue weighted by Crippen LogP contribution is 2.31. The standard InChI is InChI=1S/C22H19F3N4O2/c1-13(31-2)21(30)28-20-11-26-19-8-3-14(9-18(19)20)15-10-27-29(12-15)17-6-4-16(5-7-17)22(23,24)25/h3-13,26H,1-2H3,(H,28,30). The molecule has 2 aromatic carbocycles. The molecule has 1 unspecified atom stereocenters. The van der Waals surface area contributed by atoms with E-state index >= 15 is 0 Å². The highest BCUT2D eigenvalue weighted by molar-refractivity contribution is 6.04. The van der Waals surface area contributed by atoms with Crippen LogP contribution in [0.25, 0.3) is 27.7 Å². The Labute approximate surface area is 175 Å². The molecule has 4 aromatic rings. The Kier molecular flexibility index (Phi) is 5.28. The summed E-state index contributed by atoms with van der Waals surface area (Å²) in [5.41, 5.74) is 2.91. The number of H-pyrrole nitrogens is 1. The summed E-state index contributed by atoms with van der Waals surface area (Å²) in [5, 5.41) is 7.92. The van der Waals surface area contributed by atoms with Crippen LogP contribution in [0.2, 0.25) is 0 Å². The zero-order valence-corrected chi connectivity index (χ0v) is 16.7. The predicted octanol–water partition coefficient (Wildman–Crippen LogP) is 5.01. The zero-order chi connectivity index (χ0) is 22.2. The molecule has 2 heterocycles. The van der Waals surface area contributed by atoms with Gasteiger partial charge in [-0.25, -0.2) is 4.68 Å². The van der Waals surface area contributed by atoms with E-state index in [1.165, 1.54) is 23.9 Å². The lowest BCUT2D eigenvalue weighted by atomic mass is 10.1. The van der Waals surface area contributed by atoms with Crippen molar-refractivity contribution in [3.63, 3.8) is 0 Å². The fourth-order valence-electron chi connectivity index (χ4n) is 3.16. The smallest absolute Gasteiger partial charge is 0.372 e. The van der Waals surface area contributed by atoms with Crippen molar-refractivity contribution in [2.75, 3.05) is 12.4 Å². The Balaban J connectivity index is 1.62. The van der Waals surface area contributed by atoms with E-state index in [9.17, 15) is 18.0 Å². The Bertz CT molecular complexity index is 1230. The van der Waals surface area contributed by atoms with E-state index in [4.69, 9.17) is 4.74 Å². The van der Waals surface area contributed by atoms with Gasteiger partial charge in [-0.3, -0.25) is 4.79 Å². The van der Waals surface area contributed by atoms with Gasteiger partial charge in [0.1, 0.15) is 6.10 Å². The predicted molar refractivity (Wildman–Crippen MR) is 111 cm³/mol. The number of methoxy groups -OCH3 is 1. The second kappa shape index (κ2) is 7.92. The third-order valence-electron chi connectivity index (χ3n) is 5.04. The number of anilines is 1. The maximum atomic E-state index is 12.8. The minimum absolute atomic E-state index is 0.260. The number of benzene rings is 2. The lowest BCUT2D eigenvalue weighted by molar-refractivity contribution is -0.137. The minimum Gasteiger partial charge on any atom is -0.372 e. The quantitative estimate of drug-likeness (QED) is 0.469. The number of hydrogen-bond acceptors (Lipinski definition) is 3. The van der Waals surface area contributed by atoms with Gasteiger partial charge in [0.25, 0.3) is 5.91 Å². The third kappa shape index (κ3) is 4.17. The lowest BCUT2D eigenvalue weighted by Crippen LogP contribution is -2.26. The molecule has 0 aliphatic rings. The number of carbonyl (C=O) groups is 1. The number of amides is 1. The fourth-order valence-corrected chi connectivity index (χ4v) is 3.16. The van der Waals surface area contributed by atoms with Gasteiger partial charge in [0.15, 0.2) is 0 Å². The van der Waals surface area contributed by atoms with Crippen molar-refractivity contribution >= 4 is 22.5 Å². The van der Waals surface area contributed by atoms with Crippen molar-refractivity contribution < 1.29 is 22.7 Å². The number of nitrogens with one attached hydrogen (secondary N) is 2. The summed E-state index contributed by atoms with van der Waals surface area (Å²) in [7, 11) is 1.46. The maximum absolute atomic E-state index is 12.8. The first-order valence-electron chi connectivity index (χ1n) is 9.44. The molecule has 0 radical (unpaired) electrons. The third-order valence-corrected chi connectivity index (χ3v) is 5.04. The first-order valence-corrected chi connectivity index (χ1v) is 9.44. The molecule has 4 rings (SSSR count). The zero-order valence-electron chi connectivity index (χ0n) is 16.7. The molecule has 1 amide bonds. The van der Waals surface area contributed by atoms with E-state index in [1.807, 2.05) is 18.2 Å². The van der Waals surface area contributed by atoms with Gasteiger partial charge in [-0.15, -0.1) is 0 Å². The van der Waals surface area contributed by atoms with Crippen molar-refractivity contribution in [2.45, 2.75) is 19.2 Å². The summed E-state index contributed by atoms with van der Waals surface area (Å²) in [6.45, 7) is 1.66. The number of aromatic nitrogens is 3. The topological polar surface area (TPSA) is 71.9 Å². The molecule has 2 aromatic heterocycles. The average Bonchev–Trinajstić information content (AvgIpc) is 3.40. The van der Waals surface area contributed by atoms with E-state index in [1.54, 1.807) is 25.5 Å². The molecule has 0 aliphatic heterocycles. The average molecular weight is 428 g/mol. The summed E-state index contributed by atoms with van der Waals surface area (Å²) in [5.74, 6) is -0.260. The normalized spacial score (nSPS) is 12.8. The van der Waals surface area contributed by atoms with Crippen molar-refractivity contribution in [2.24, 2.45) is 0 Å². The molecule has 0 saturated carbocycles. The van der Waals surface area contributed by atoms with Crippen LogP contribution in [-0.4, -0.2) is 33.9 Å². The van der Waals surface area contributed by atoms with Crippen LogP contribution in [-0.2, 0) is 15.7 Å². The van der Waals surface area contributed by atoms with Crippen molar-refractivity contribution in [1.82, 2.24) is 14.8 Å². The lowest BCUT2D eigenvalue weighted by Gasteiger charge is -2.09. The number of ether oxygens (including phenoxy) is 1. The molecule has 2 N–H and O–H groups in total. The summed E-state index contributed by atoms with van der Waals surface area (Å²) in [4.78, 5) is 15.3. The molecule has 0 fully saturated rings. The number of rotatable bonds is 5. The Morgan fingerprint density at radius 2 is 1.90 bits per heavy atom. The molecule has 160 valence electrons. The highest BCUT2D eigenvalue weighted by atomic mass is 19.4. The monoisotopic (exact) mass is 428 g/mol. The van der Waals surface area contributed by atoms with Crippen LogP contribution in [0.5, 0.6) is 0 Å². The van der Waals surface area contributed by atoms with Crippen LogP contribution < -0.4 is 5.32 Å². The van der Waals surface area contributed by atoms with Gasteiger partial charge in [0.2, 0.25) is 0 Å². The molecule has 9 heteroatoms. The van der Waals surface area contributed by atoms with Crippen molar-refractivity contribution in [3.8, 4) is 16.8 Å². The van der Waals surface area contributed by atoms with E-state index in [-0.39, 0.29) is 5.91 Å². The van der Waals surface area contributed by atoms with Gasteiger partial charge in [0.05, 0.1) is 23.1 Å². The fraction of sp³-hybridized carbons (Fsp3) is 0.182. The van der Waals surface area contributed by atoms with Gasteiger partial charge in [-0.1, -0.05) is 6.07 Å². The summed E-state index contributed by atoms with van der Waals surface area (Å²) in [6.07, 6.45) is 0.113. The van der Waals surface area contributed by atoms with Gasteiger partial charge >= 0.3 is 6.18 Å². The molecule has 31 heavy (non-hydrogen) atoms. The van der Waals surface area contributed by atoms with Crippen LogP contribution in [0.3, 0.4) is 0 Å². The van der Waals surface area contributed by atoms with Gasteiger partial charge in [0, 0.05) is 36.0 Å². The van der Waals surface area contributed by atoms with Crippen LogP contribution in [0.4, 0.5) is 18.9 Å². The van der Waals surface area contributed by atoms with Crippen molar-refractivity contribution in [3.05, 3.63) is 66.6 Å². The highest BCUT2D eigenvalue weighted by Gasteiger charge is 2.30. The Hall–Kier alpha value is -3.59. The molecule has 0 saturated heterocycles. The SMILES string of the molecule is COC(C)C(=O)Nc1c[nH]c2ccc(-c3cnn(-c4ccc(C(F)(F)F)cc4)c3)cc12. The van der Waals surface area contributed by atoms with E-state index < -0.39 is 17.8 Å². The molecule has 0 spiro atoms. The number of alkyl halides is 3. The minimum atomic E-state index is -4.38. The second-order valence-corrected chi connectivity index (χ2v) is 7.05. The summed E-state index contributed by atoms with van der Waals surface area (Å²) < 4.78 is 44.9. The van der Waals surface area contributed by atoms with Gasteiger partial charge < -0.3 is 15.0 Å². The van der Waals surface area contributed by atoms with Crippen LogP contribution in [0, 0.1) is 0 Å². The van der Waals surface area contributed by atoms with Gasteiger partial charge in [-0.2, -0.15) is 18.3 Å². The molecular weight excluding hydrogens is 409 g/mol. The number of nitrogens with zero attached hydrogens (tertiary/aromatic N) is 2. The molecule has 1 atom stereocenters. The Morgan fingerprint density at radius 3 is 2.58 bits per heavy atom. The van der Waals surface area contributed by atoms with Crippen LogP contribution in [0.1, 0.15) is 12.5 Å². The van der Waals surface area contributed by atoms with Crippen molar-refractivity contribution in [1.29, 1.82) is 0 Å². The number of fused-ring (bicyclic) bond motifs is 1. The van der Waals surface area contributed by atoms with E-state index in [0.29, 0.717) is 11.4 Å². The number of aromatic amines is 1. The largest absolute Gasteiger partial charge is 0.416 e. The molecule has 6 nitrogen and oxygen atoms in total. The number of hydrogen-bond donors (Lipinski definition) is 2. The summed E-state index contributed by atoms with van der Waals surface area (Å²) in [6, 6.07) is 10.5. The first-order chi connectivity index (χ1) is 14.8. The van der Waals surface area contributed by atoms with Gasteiger partial charge in [-0.05, 0) is 48.9 Å². The van der Waals surface area contributed by atoms with Crippen LogP contribution in [0.15, 0.2) is 61.1 Å². The first kappa shape index (κ1) is 20.7. The number of halogens is 3. The molecule has 0 aliphatic carbocycles. The number of carbonyl (C=O) groups excluding carboxylic acids is 1. The van der Waals surface area contributed by atoms with Crippen LogP contribution >= 0.6 is 0 Å². The maximum Gasteiger partial charge on any atom is 0.416 e. The molecular formula is C22H19F3N4O2. The second-order valence-electron chi connectivity index (χ2n) is 7.05. The summed E-state index contributed by atoms with van der Waals surface area (Å²) >= 11 is 0. The van der Waals surface area contributed by atoms with E-state index in [2.05, 4.69) is 15.4 Å².